The van der Waals surface area contributed by atoms with Gasteiger partial charge in [0, 0.05) is 18.2 Å². The molecule has 27 heavy (non-hydrogen) atoms. The van der Waals surface area contributed by atoms with Crippen LogP contribution in [0, 0.1) is 13.8 Å². The second-order valence-electron chi connectivity index (χ2n) is 6.85. The van der Waals surface area contributed by atoms with Crippen LogP contribution < -0.4 is 9.47 Å². The fourth-order valence-electron chi connectivity index (χ4n) is 3.05. The second kappa shape index (κ2) is 8.27. The molecular weight excluding hydrogens is 340 g/mol. The summed E-state index contributed by atoms with van der Waals surface area (Å²) in [5.41, 5.74) is 5.51. The molecule has 142 valence electrons. The van der Waals surface area contributed by atoms with Crippen molar-refractivity contribution in [2.75, 3.05) is 21.3 Å². The zero-order chi connectivity index (χ0) is 19.4. The van der Waals surface area contributed by atoms with Crippen molar-refractivity contribution < 1.29 is 14.0 Å². The Morgan fingerprint density at radius 3 is 2.26 bits per heavy atom. The minimum atomic E-state index is 0.673. The van der Waals surface area contributed by atoms with E-state index in [9.17, 15) is 0 Å². The second-order valence-corrected chi connectivity index (χ2v) is 6.85. The predicted molar refractivity (Wildman–Crippen MR) is 106 cm³/mol. The van der Waals surface area contributed by atoms with Gasteiger partial charge in [-0.05, 0) is 44.2 Å². The molecule has 0 aliphatic heterocycles. The standard InChI is InChI=1S/C22H26N2O3/c1-15-6-8-17(9-7-15)20-12-19(27-23-20)14-24(3)13-18-11-22(26-5)21(25-4)10-16(18)2/h6-12H,13-14H2,1-5H3. The number of methoxy groups -OCH3 is 2. The van der Waals surface area contributed by atoms with Gasteiger partial charge in [0.1, 0.15) is 5.69 Å². The van der Waals surface area contributed by atoms with Gasteiger partial charge in [-0.25, -0.2) is 0 Å². The molecule has 0 saturated heterocycles. The van der Waals surface area contributed by atoms with Crippen LogP contribution in [0.4, 0.5) is 0 Å². The third-order valence-corrected chi connectivity index (χ3v) is 4.61. The first-order chi connectivity index (χ1) is 13.0. The van der Waals surface area contributed by atoms with E-state index in [1.54, 1.807) is 14.2 Å². The lowest BCUT2D eigenvalue weighted by atomic mass is 10.1. The quantitative estimate of drug-likeness (QED) is 0.611. The zero-order valence-corrected chi connectivity index (χ0v) is 16.6. The number of nitrogens with zero attached hydrogens (tertiary/aromatic N) is 2. The Bertz CT molecular complexity index is 900. The Balaban J connectivity index is 1.69. The Kier molecular flexibility index (Phi) is 5.81. The summed E-state index contributed by atoms with van der Waals surface area (Å²) in [6.07, 6.45) is 0. The predicted octanol–water partition coefficient (Wildman–Crippen LogP) is 4.61. The summed E-state index contributed by atoms with van der Waals surface area (Å²) < 4.78 is 16.3. The van der Waals surface area contributed by atoms with Crippen molar-refractivity contribution in [1.82, 2.24) is 10.1 Å². The van der Waals surface area contributed by atoms with Crippen LogP contribution >= 0.6 is 0 Å². The molecule has 2 aromatic carbocycles. The summed E-state index contributed by atoms with van der Waals surface area (Å²) in [7, 11) is 5.37. The minimum absolute atomic E-state index is 0.673. The van der Waals surface area contributed by atoms with E-state index in [0.717, 1.165) is 40.6 Å². The van der Waals surface area contributed by atoms with Crippen molar-refractivity contribution in [3.05, 3.63) is 64.9 Å². The van der Waals surface area contributed by atoms with Crippen LogP contribution in [0.25, 0.3) is 11.3 Å². The molecule has 1 heterocycles. The van der Waals surface area contributed by atoms with Gasteiger partial charge in [-0.15, -0.1) is 0 Å². The van der Waals surface area contributed by atoms with Crippen LogP contribution in [0.15, 0.2) is 47.0 Å². The number of aromatic nitrogens is 1. The average Bonchev–Trinajstić information content (AvgIpc) is 3.11. The SMILES string of the molecule is COc1cc(C)c(CN(C)Cc2cc(-c3ccc(C)cc3)no2)cc1OC. The van der Waals surface area contributed by atoms with Crippen LogP contribution in [-0.2, 0) is 13.1 Å². The number of hydrogen-bond donors (Lipinski definition) is 0. The normalized spacial score (nSPS) is 11.0. The fourth-order valence-corrected chi connectivity index (χ4v) is 3.05. The summed E-state index contributed by atoms with van der Waals surface area (Å²) in [6, 6.07) is 14.3. The maximum Gasteiger partial charge on any atom is 0.161 e. The summed E-state index contributed by atoms with van der Waals surface area (Å²) in [4.78, 5) is 2.19. The van der Waals surface area contributed by atoms with E-state index in [0.29, 0.717) is 6.54 Å². The number of ether oxygens (including phenoxy) is 2. The molecule has 0 saturated carbocycles. The smallest absolute Gasteiger partial charge is 0.161 e. The summed E-state index contributed by atoms with van der Waals surface area (Å²) in [6.45, 7) is 5.59. The largest absolute Gasteiger partial charge is 0.493 e. The van der Waals surface area contributed by atoms with E-state index in [-0.39, 0.29) is 0 Å². The number of benzene rings is 2. The van der Waals surface area contributed by atoms with Gasteiger partial charge in [0.2, 0.25) is 0 Å². The van der Waals surface area contributed by atoms with Crippen molar-refractivity contribution in [3.8, 4) is 22.8 Å². The molecule has 0 radical (unpaired) electrons. The van der Waals surface area contributed by atoms with Crippen LogP contribution in [-0.4, -0.2) is 31.3 Å². The maximum absolute atomic E-state index is 5.53. The third-order valence-electron chi connectivity index (χ3n) is 4.61. The summed E-state index contributed by atoms with van der Waals surface area (Å²) in [5, 5.41) is 4.21. The Hall–Kier alpha value is -2.79. The molecular formula is C22H26N2O3. The highest BCUT2D eigenvalue weighted by Crippen LogP contribution is 2.31. The van der Waals surface area contributed by atoms with Gasteiger partial charge in [0.05, 0.1) is 20.8 Å². The Morgan fingerprint density at radius 2 is 1.59 bits per heavy atom. The minimum Gasteiger partial charge on any atom is -0.493 e. The molecule has 0 N–H and O–H groups in total. The lowest BCUT2D eigenvalue weighted by Crippen LogP contribution is -2.17. The van der Waals surface area contributed by atoms with Crippen LogP contribution in [0.2, 0.25) is 0 Å². The molecule has 0 aliphatic rings. The highest BCUT2D eigenvalue weighted by atomic mass is 16.5. The Morgan fingerprint density at radius 1 is 0.926 bits per heavy atom. The lowest BCUT2D eigenvalue weighted by Gasteiger charge is -2.18. The molecule has 5 nitrogen and oxygen atoms in total. The molecule has 0 atom stereocenters. The summed E-state index contributed by atoms with van der Waals surface area (Å²) in [5.74, 6) is 2.33. The highest BCUT2D eigenvalue weighted by Gasteiger charge is 2.13. The lowest BCUT2D eigenvalue weighted by molar-refractivity contribution is 0.266. The number of hydrogen-bond acceptors (Lipinski definition) is 5. The number of aryl methyl sites for hydroxylation is 2. The van der Waals surface area contributed by atoms with E-state index in [2.05, 4.69) is 55.2 Å². The van der Waals surface area contributed by atoms with Crippen LogP contribution in [0.5, 0.6) is 11.5 Å². The molecule has 0 bridgehead atoms. The summed E-state index contributed by atoms with van der Waals surface area (Å²) >= 11 is 0. The number of rotatable bonds is 7. The Labute approximate surface area is 160 Å². The van der Waals surface area contributed by atoms with Gasteiger partial charge in [-0.2, -0.15) is 0 Å². The van der Waals surface area contributed by atoms with Crippen molar-refractivity contribution in [2.24, 2.45) is 0 Å². The first-order valence-electron chi connectivity index (χ1n) is 8.93. The fraction of sp³-hybridized carbons (Fsp3) is 0.318. The van der Waals surface area contributed by atoms with Crippen molar-refractivity contribution in [3.63, 3.8) is 0 Å². The third kappa shape index (κ3) is 4.49. The molecule has 0 aliphatic carbocycles. The maximum atomic E-state index is 5.53. The van der Waals surface area contributed by atoms with Gasteiger partial charge in [0.25, 0.3) is 0 Å². The van der Waals surface area contributed by atoms with Gasteiger partial charge in [-0.3, -0.25) is 4.90 Å². The highest BCUT2D eigenvalue weighted by molar-refractivity contribution is 5.59. The first-order valence-corrected chi connectivity index (χ1v) is 8.93. The molecule has 0 unspecified atom stereocenters. The molecule has 3 aromatic rings. The topological polar surface area (TPSA) is 47.7 Å². The molecule has 1 aromatic heterocycles. The molecule has 0 fully saturated rings. The van der Waals surface area contributed by atoms with Crippen molar-refractivity contribution >= 4 is 0 Å². The van der Waals surface area contributed by atoms with E-state index in [1.165, 1.54) is 11.1 Å². The molecule has 5 heteroatoms. The molecule has 0 spiro atoms. The van der Waals surface area contributed by atoms with Gasteiger partial charge < -0.3 is 14.0 Å². The van der Waals surface area contributed by atoms with Gasteiger partial charge >= 0.3 is 0 Å². The van der Waals surface area contributed by atoms with Crippen molar-refractivity contribution in [1.29, 1.82) is 0 Å². The average molecular weight is 366 g/mol. The van der Waals surface area contributed by atoms with E-state index in [1.807, 2.05) is 18.2 Å². The molecule has 0 amide bonds. The monoisotopic (exact) mass is 366 g/mol. The zero-order valence-electron chi connectivity index (χ0n) is 16.6. The van der Waals surface area contributed by atoms with E-state index < -0.39 is 0 Å². The van der Waals surface area contributed by atoms with Crippen LogP contribution in [0.3, 0.4) is 0 Å². The van der Waals surface area contributed by atoms with Gasteiger partial charge in [0.15, 0.2) is 17.3 Å². The van der Waals surface area contributed by atoms with Gasteiger partial charge in [-0.1, -0.05) is 35.0 Å². The van der Waals surface area contributed by atoms with E-state index >= 15 is 0 Å². The van der Waals surface area contributed by atoms with Crippen LogP contribution in [0.1, 0.15) is 22.5 Å². The molecule has 3 rings (SSSR count). The van der Waals surface area contributed by atoms with Crippen molar-refractivity contribution in [2.45, 2.75) is 26.9 Å². The first kappa shape index (κ1) is 19.0. The van der Waals surface area contributed by atoms with E-state index in [4.69, 9.17) is 14.0 Å².